The lowest BCUT2D eigenvalue weighted by Crippen LogP contribution is -2.17. The third-order valence-electron chi connectivity index (χ3n) is 2.80. The van der Waals surface area contributed by atoms with Crippen LogP contribution in [0, 0.1) is 0 Å². The van der Waals surface area contributed by atoms with Crippen LogP contribution in [0.15, 0.2) is 48.2 Å². The highest BCUT2D eigenvalue weighted by atomic mass is 16.5. The van der Waals surface area contributed by atoms with Gasteiger partial charge in [-0.05, 0) is 22.4 Å². The molecule has 0 atom stereocenters. The van der Waals surface area contributed by atoms with Gasteiger partial charge in [0.1, 0.15) is 5.70 Å². The van der Waals surface area contributed by atoms with Gasteiger partial charge in [-0.25, -0.2) is 4.79 Å². The topological polar surface area (TPSA) is 38.3 Å². The summed E-state index contributed by atoms with van der Waals surface area (Å²) in [5.74, 6) is -0.370. The zero-order chi connectivity index (χ0) is 13.0. The van der Waals surface area contributed by atoms with Gasteiger partial charge in [-0.1, -0.05) is 42.5 Å². The van der Waals surface area contributed by atoms with E-state index >= 15 is 0 Å². The van der Waals surface area contributed by atoms with Crippen LogP contribution in [-0.4, -0.2) is 20.1 Å². The van der Waals surface area contributed by atoms with Crippen LogP contribution in [0.25, 0.3) is 16.8 Å². The summed E-state index contributed by atoms with van der Waals surface area (Å²) in [6, 6.07) is 14.0. The summed E-state index contributed by atoms with van der Waals surface area (Å²) in [6.07, 6.45) is 1.80. The fraction of sp³-hybridized carbons (Fsp3) is 0.133. The number of benzene rings is 2. The minimum atomic E-state index is -0.370. The van der Waals surface area contributed by atoms with Gasteiger partial charge in [0.15, 0.2) is 0 Å². The predicted molar refractivity (Wildman–Crippen MR) is 73.0 cm³/mol. The van der Waals surface area contributed by atoms with E-state index in [9.17, 15) is 4.79 Å². The zero-order valence-electron chi connectivity index (χ0n) is 10.4. The van der Waals surface area contributed by atoms with Crippen molar-refractivity contribution in [1.29, 1.82) is 0 Å². The van der Waals surface area contributed by atoms with Crippen LogP contribution < -0.4 is 5.32 Å². The smallest absolute Gasteiger partial charge is 0.354 e. The molecule has 0 saturated carbocycles. The summed E-state index contributed by atoms with van der Waals surface area (Å²) in [4.78, 5) is 11.5. The minimum Gasteiger partial charge on any atom is -0.464 e. The maximum Gasteiger partial charge on any atom is 0.354 e. The molecule has 0 radical (unpaired) electrons. The first-order valence-electron chi connectivity index (χ1n) is 5.72. The Morgan fingerprint density at radius 3 is 2.61 bits per heavy atom. The van der Waals surface area contributed by atoms with Crippen molar-refractivity contribution in [2.24, 2.45) is 0 Å². The number of carbonyl (C=O) groups is 1. The van der Waals surface area contributed by atoms with Crippen molar-refractivity contribution in [2.75, 3.05) is 14.2 Å². The van der Waals surface area contributed by atoms with E-state index in [2.05, 4.69) is 5.32 Å². The van der Waals surface area contributed by atoms with E-state index in [1.54, 1.807) is 13.1 Å². The molecule has 0 aliphatic heterocycles. The Labute approximate surface area is 106 Å². The molecule has 18 heavy (non-hydrogen) atoms. The zero-order valence-corrected chi connectivity index (χ0v) is 10.4. The van der Waals surface area contributed by atoms with Crippen LogP contribution in [0.5, 0.6) is 0 Å². The molecule has 0 unspecified atom stereocenters. The molecular weight excluding hydrogens is 226 g/mol. The summed E-state index contributed by atoms with van der Waals surface area (Å²) < 4.78 is 4.72. The molecule has 0 fully saturated rings. The largest absolute Gasteiger partial charge is 0.464 e. The van der Waals surface area contributed by atoms with Gasteiger partial charge in [0.05, 0.1) is 7.11 Å². The van der Waals surface area contributed by atoms with Crippen LogP contribution in [0.3, 0.4) is 0 Å². The summed E-state index contributed by atoms with van der Waals surface area (Å²) in [5.41, 5.74) is 1.43. The van der Waals surface area contributed by atoms with Crippen LogP contribution >= 0.6 is 0 Å². The van der Waals surface area contributed by atoms with Gasteiger partial charge >= 0.3 is 5.97 Å². The first kappa shape index (κ1) is 12.2. The van der Waals surface area contributed by atoms with Crippen molar-refractivity contribution in [1.82, 2.24) is 5.32 Å². The first-order chi connectivity index (χ1) is 8.76. The van der Waals surface area contributed by atoms with Gasteiger partial charge < -0.3 is 10.1 Å². The number of methoxy groups -OCH3 is 1. The van der Waals surface area contributed by atoms with Gasteiger partial charge in [-0.2, -0.15) is 0 Å². The van der Waals surface area contributed by atoms with Crippen molar-refractivity contribution in [3.05, 3.63) is 53.7 Å². The Hall–Kier alpha value is -2.29. The second-order valence-electron chi connectivity index (χ2n) is 3.87. The molecule has 2 aromatic carbocycles. The van der Waals surface area contributed by atoms with E-state index in [1.165, 1.54) is 7.11 Å². The minimum absolute atomic E-state index is 0.370. The number of rotatable bonds is 3. The number of hydrogen-bond donors (Lipinski definition) is 1. The molecule has 2 rings (SSSR count). The molecule has 0 aliphatic rings. The molecular formula is C15H15NO2. The number of fused-ring (bicyclic) bond motifs is 1. The van der Waals surface area contributed by atoms with Crippen LogP contribution in [0.2, 0.25) is 0 Å². The first-order valence-corrected chi connectivity index (χ1v) is 5.72. The van der Waals surface area contributed by atoms with Crippen molar-refractivity contribution in [2.45, 2.75) is 0 Å². The van der Waals surface area contributed by atoms with Crippen LogP contribution in [-0.2, 0) is 9.53 Å². The average Bonchev–Trinajstić information content (AvgIpc) is 2.44. The lowest BCUT2D eigenvalue weighted by molar-refractivity contribution is -0.136. The second kappa shape index (κ2) is 5.36. The maximum absolute atomic E-state index is 11.5. The summed E-state index contributed by atoms with van der Waals surface area (Å²) in [6.45, 7) is 0. The number of carbonyl (C=O) groups excluding carboxylic acids is 1. The Morgan fingerprint density at radius 1 is 1.17 bits per heavy atom. The Morgan fingerprint density at radius 2 is 1.89 bits per heavy atom. The standard InChI is InChI=1S/C15H15NO2/c1-16-14(15(17)18-2)10-12-8-5-7-11-6-3-4-9-13(11)12/h3-10,16H,1-2H3. The summed E-state index contributed by atoms with van der Waals surface area (Å²) in [5, 5.41) is 5.11. The number of likely N-dealkylation sites (N-methyl/N-ethyl adjacent to an activating group) is 1. The molecule has 0 aliphatic carbocycles. The molecule has 2 aromatic rings. The summed E-state index contributed by atoms with van der Waals surface area (Å²) >= 11 is 0. The van der Waals surface area contributed by atoms with Crippen LogP contribution in [0.1, 0.15) is 5.56 Å². The van der Waals surface area contributed by atoms with E-state index in [0.29, 0.717) is 5.70 Å². The van der Waals surface area contributed by atoms with Crippen LogP contribution in [0.4, 0.5) is 0 Å². The molecule has 92 valence electrons. The molecule has 0 saturated heterocycles. The number of ether oxygens (including phenoxy) is 1. The highest BCUT2D eigenvalue weighted by molar-refractivity contribution is 5.97. The highest BCUT2D eigenvalue weighted by Gasteiger charge is 2.08. The maximum atomic E-state index is 11.5. The van der Waals surface area contributed by atoms with E-state index in [4.69, 9.17) is 4.74 Å². The van der Waals surface area contributed by atoms with Crippen molar-refractivity contribution in [3.63, 3.8) is 0 Å². The van der Waals surface area contributed by atoms with E-state index in [-0.39, 0.29) is 5.97 Å². The number of esters is 1. The third kappa shape index (κ3) is 2.35. The summed E-state index contributed by atoms with van der Waals surface area (Å²) in [7, 11) is 3.07. The Kier molecular flexibility index (Phi) is 3.63. The van der Waals surface area contributed by atoms with E-state index < -0.39 is 0 Å². The second-order valence-corrected chi connectivity index (χ2v) is 3.87. The van der Waals surface area contributed by atoms with Crippen molar-refractivity contribution >= 4 is 22.8 Å². The molecule has 0 bridgehead atoms. The molecule has 0 amide bonds. The van der Waals surface area contributed by atoms with Gasteiger partial charge in [-0.3, -0.25) is 0 Å². The lowest BCUT2D eigenvalue weighted by atomic mass is 10.0. The molecule has 0 heterocycles. The molecule has 3 nitrogen and oxygen atoms in total. The molecule has 0 spiro atoms. The van der Waals surface area contributed by atoms with Gasteiger partial charge in [0, 0.05) is 7.05 Å². The third-order valence-corrected chi connectivity index (χ3v) is 2.80. The van der Waals surface area contributed by atoms with Crippen molar-refractivity contribution < 1.29 is 9.53 Å². The fourth-order valence-electron chi connectivity index (χ4n) is 1.87. The van der Waals surface area contributed by atoms with E-state index in [0.717, 1.165) is 16.3 Å². The quantitative estimate of drug-likeness (QED) is 0.663. The molecule has 0 aromatic heterocycles. The van der Waals surface area contributed by atoms with Gasteiger partial charge in [0.2, 0.25) is 0 Å². The SMILES string of the molecule is CNC(=Cc1cccc2ccccc12)C(=O)OC. The van der Waals surface area contributed by atoms with Crippen molar-refractivity contribution in [3.8, 4) is 0 Å². The predicted octanol–water partition coefficient (Wildman–Crippen LogP) is 2.57. The Balaban J connectivity index is 2.54. The lowest BCUT2D eigenvalue weighted by Gasteiger charge is -2.06. The average molecular weight is 241 g/mol. The molecule has 3 heteroatoms. The fourth-order valence-corrected chi connectivity index (χ4v) is 1.87. The highest BCUT2D eigenvalue weighted by Crippen LogP contribution is 2.20. The van der Waals surface area contributed by atoms with E-state index in [1.807, 2.05) is 42.5 Å². The Bertz CT molecular complexity index is 597. The normalized spacial score (nSPS) is 11.3. The number of hydrogen-bond acceptors (Lipinski definition) is 3. The number of nitrogens with one attached hydrogen (secondary N) is 1. The molecule has 1 N–H and O–H groups in total. The monoisotopic (exact) mass is 241 g/mol. The van der Waals surface area contributed by atoms with Gasteiger partial charge in [0.25, 0.3) is 0 Å². The van der Waals surface area contributed by atoms with Gasteiger partial charge in [-0.15, -0.1) is 0 Å².